The molecule has 0 aliphatic rings. The van der Waals surface area contributed by atoms with Crippen LogP contribution in [0, 0.1) is 0 Å². The molecule has 1 aromatic carbocycles. The number of benzene rings is 1. The van der Waals surface area contributed by atoms with E-state index in [1.807, 2.05) is 0 Å². The van der Waals surface area contributed by atoms with Crippen LogP contribution in [0.1, 0.15) is 12.6 Å². The van der Waals surface area contributed by atoms with E-state index < -0.39 is 35.5 Å². The lowest BCUT2D eigenvalue weighted by atomic mass is 10.1. The van der Waals surface area contributed by atoms with Gasteiger partial charge in [-0.3, -0.25) is 4.98 Å². The van der Waals surface area contributed by atoms with E-state index in [4.69, 9.17) is 11.6 Å². The largest absolute Gasteiger partial charge is 0.433 e. The summed E-state index contributed by atoms with van der Waals surface area (Å²) in [7, 11) is 0. The molecule has 0 aliphatic carbocycles. The second-order valence-corrected chi connectivity index (χ2v) is 7.88. The number of halogens is 7. The fourth-order valence-corrected chi connectivity index (χ4v) is 3.06. The zero-order valence-electron chi connectivity index (χ0n) is 18.6. The third kappa shape index (κ3) is 6.55. The number of hydrogen-bond donors (Lipinski definition) is 1. The SMILES string of the molecule is CC(=Nc1nc(Nc2ccnc(-c3ccc(Cl)cc3)c2)nc(-c2cccc(C(F)(F)F)n2)n1)C(F)(F)F. The van der Waals surface area contributed by atoms with Crippen molar-refractivity contribution in [2.75, 3.05) is 5.32 Å². The molecule has 4 aromatic rings. The van der Waals surface area contributed by atoms with Gasteiger partial charge < -0.3 is 5.32 Å². The molecule has 0 radical (unpaired) electrons. The smallest absolute Gasteiger partial charge is 0.324 e. The van der Waals surface area contributed by atoms with E-state index in [1.54, 1.807) is 30.3 Å². The lowest BCUT2D eigenvalue weighted by Crippen LogP contribution is -2.19. The van der Waals surface area contributed by atoms with Crippen LogP contribution in [-0.2, 0) is 6.18 Å². The fraction of sp³-hybridized carbons (Fsp3) is 0.130. The Morgan fingerprint density at radius 2 is 1.59 bits per heavy atom. The number of hydrogen-bond acceptors (Lipinski definition) is 7. The van der Waals surface area contributed by atoms with Gasteiger partial charge in [0.1, 0.15) is 17.1 Å². The molecule has 0 saturated carbocycles. The molecule has 0 bridgehead atoms. The molecule has 37 heavy (non-hydrogen) atoms. The quantitative estimate of drug-likeness (QED) is 0.216. The van der Waals surface area contributed by atoms with E-state index in [2.05, 4.69) is 35.2 Å². The summed E-state index contributed by atoms with van der Waals surface area (Å²) < 4.78 is 78.6. The number of pyridine rings is 2. The van der Waals surface area contributed by atoms with Crippen LogP contribution in [0.15, 0.2) is 65.8 Å². The maximum atomic E-state index is 13.1. The number of aromatic nitrogens is 5. The topological polar surface area (TPSA) is 88.8 Å². The van der Waals surface area contributed by atoms with Gasteiger partial charge >= 0.3 is 12.4 Å². The van der Waals surface area contributed by atoms with E-state index in [-0.39, 0.29) is 11.6 Å². The molecule has 4 rings (SSSR count). The number of alkyl halides is 6. The molecule has 0 amide bonds. The first kappa shape index (κ1) is 25.9. The summed E-state index contributed by atoms with van der Waals surface area (Å²) in [5.41, 5.74) is -1.18. The molecule has 0 fully saturated rings. The molecule has 0 aliphatic heterocycles. The maximum Gasteiger partial charge on any atom is 0.433 e. The summed E-state index contributed by atoms with van der Waals surface area (Å²) in [5.74, 6) is -1.36. The Kier molecular flexibility index (Phi) is 7.07. The van der Waals surface area contributed by atoms with E-state index in [0.717, 1.165) is 17.7 Å². The van der Waals surface area contributed by atoms with Gasteiger partial charge in [-0.25, -0.2) is 9.98 Å². The predicted octanol–water partition coefficient (Wildman–Crippen LogP) is 7.07. The molecule has 0 atom stereocenters. The normalized spacial score (nSPS) is 12.5. The first-order valence-corrected chi connectivity index (χ1v) is 10.7. The monoisotopic (exact) mass is 537 g/mol. The summed E-state index contributed by atoms with van der Waals surface area (Å²) in [6.07, 6.45) is -8.06. The third-order valence-corrected chi connectivity index (χ3v) is 4.98. The first-order valence-electron chi connectivity index (χ1n) is 10.3. The highest BCUT2D eigenvalue weighted by atomic mass is 35.5. The van der Waals surface area contributed by atoms with Crippen molar-refractivity contribution >= 4 is 34.9 Å². The minimum atomic E-state index is -4.77. The number of nitrogens with zero attached hydrogens (tertiary/aromatic N) is 6. The van der Waals surface area contributed by atoms with Gasteiger partial charge in [0.05, 0.1) is 5.69 Å². The van der Waals surface area contributed by atoms with Gasteiger partial charge in [0, 0.05) is 22.5 Å². The molecule has 0 unspecified atom stereocenters. The molecule has 3 aromatic heterocycles. The summed E-state index contributed by atoms with van der Waals surface area (Å²) in [6, 6.07) is 13.0. The molecular weight excluding hydrogens is 524 g/mol. The average molecular weight is 538 g/mol. The van der Waals surface area contributed by atoms with Crippen LogP contribution >= 0.6 is 11.6 Å². The van der Waals surface area contributed by atoms with Crippen molar-refractivity contribution in [3.05, 3.63) is 71.5 Å². The Labute approximate surface area is 210 Å². The second kappa shape index (κ2) is 10.1. The van der Waals surface area contributed by atoms with Crippen LogP contribution in [0.25, 0.3) is 22.8 Å². The molecule has 0 saturated heterocycles. The highest BCUT2D eigenvalue weighted by molar-refractivity contribution is 6.30. The molecular formula is C23H14ClF6N7. The minimum Gasteiger partial charge on any atom is -0.324 e. The van der Waals surface area contributed by atoms with Crippen molar-refractivity contribution in [3.63, 3.8) is 0 Å². The minimum absolute atomic E-state index is 0.272. The van der Waals surface area contributed by atoms with Gasteiger partial charge in [-0.1, -0.05) is 29.8 Å². The summed E-state index contributed by atoms with van der Waals surface area (Å²) in [5, 5.41) is 3.33. The predicted molar refractivity (Wildman–Crippen MR) is 125 cm³/mol. The van der Waals surface area contributed by atoms with Crippen molar-refractivity contribution in [2.24, 2.45) is 4.99 Å². The van der Waals surface area contributed by atoms with Crippen molar-refractivity contribution in [1.29, 1.82) is 0 Å². The Morgan fingerprint density at radius 1 is 0.865 bits per heavy atom. The lowest BCUT2D eigenvalue weighted by molar-refractivity contribution is -0.141. The zero-order valence-corrected chi connectivity index (χ0v) is 19.4. The van der Waals surface area contributed by atoms with Crippen molar-refractivity contribution < 1.29 is 26.3 Å². The fourth-order valence-electron chi connectivity index (χ4n) is 2.93. The van der Waals surface area contributed by atoms with Gasteiger partial charge in [-0.15, -0.1) is 0 Å². The number of nitrogens with one attached hydrogen (secondary N) is 1. The summed E-state index contributed by atoms with van der Waals surface area (Å²) >= 11 is 5.91. The van der Waals surface area contributed by atoms with E-state index in [9.17, 15) is 26.3 Å². The van der Waals surface area contributed by atoms with Gasteiger partial charge in [0.25, 0.3) is 5.95 Å². The Hall–Kier alpha value is -4.13. The Morgan fingerprint density at radius 3 is 2.27 bits per heavy atom. The van der Waals surface area contributed by atoms with E-state index in [1.165, 1.54) is 18.3 Å². The van der Waals surface area contributed by atoms with Crippen LogP contribution in [0.4, 0.5) is 43.9 Å². The van der Waals surface area contributed by atoms with Crippen LogP contribution < -0.4 is 5.32 Å². The van der Waals surface area contributed by atoms with Crippen molar-refractivity contribution in [3.8, 4) is 22.8 Å². The highest BCUT2D eigenvalue weighted by Crippen LogP contribution is 2.30. The van der Waals surface area contributed by atoms with Crippen LogP contribution in [0.3, 0.4) is 0 Å². The number of anilines is 2. The molecule has 3 heterocycles. The number of aliphatic imine (C=N–C) groups is 1. The maximum absolute atomic E-state index is 13.1. The van der Waals surface area contributed by atoms with Crippen LogP contribution in [-0.4, -0.2) is 36.8 Å². The zero-order chi connectivity index (χ0) is 26.8. The highest BCUT2D eigenvalue weighted by Gasteiger charge is 2.33. The van der Waals surface area contributed by atoms with Gasteiger partial charge in [-0.05, 0) is 43.3 Å². The summed E-state index contributed by atoms with van der Waals surface area (Å²) in [4.78, 5) is 22.9. The molecule has 0 spiro atoms. The van der Waals surface area contributed by atoms with E-state index >= 15 is 0 Å². The van der Waals surface area contributed by atoms with Gasteiger partial charge in [0.2, 0.25) is 5.95 Å². The lowest BCUT2D eigenvalue weighted by Gasteiger charge is -2.11. The Bertz CT molecular complexity index is 1450. The first-order chi connectivity index (χ1) is 17.4. The third-order valence-electron chi connectivity index (χ3n) is 4.73. The molecule has 190 valence electrons. The Balaban J connectivity index is 1.76. The molecule has 1 N–H and O–H groups in total. The molecule has 7 nitrogen and oxygen atoms in total. The average Bonchev–Trinajstić information content (AvgIpc) is 2.83. The van der Waals surface area contributed by atoms with Crippen molar-refractivity contribution in [1.82, 2.24) is 24.9 Å². The van der Waals surface area contributed by atoms with Crippen molar-refractivity contribution in [2.45, 2.75) is 19.3 Å². The molecule has 14 heteroatoms. The van der Waals surface area contributed by atoms with Gasteiger partial charge in [0.15, 0.2) is 5.82 Å². The number of rotatable bonds is 5. The van der Waals surface area contributed by atoms with E-state index in [0.29, 0.717) is 23.3 Å². The second-order valence-electron chi connectivity index (χ2n) is 7.45. The van der Waals surface area contributed by atoms with Crippen LogP contribution in [0.5, 0.6) is 0 Å². The van der Waals surface area contributed by atoms with Crippen LogP contribution in [0.2, 0.25) is 5.02 Å². The summed E-state index contributed by atoms with van der Waals surface area (Å²) in [6.45, 7) is 0.709. The standard InChI is InChI=1S/C23H14ClF6N7/c1-12(22(25,26)27)32-20-35-19(16-3-2-4-18(34-16)23(28,29)30)36-21(37-20)33-15-9-10-31-17(11-15)13-5-7-14(24)8-6-13/h2-11H,1H3,(H,31,33,35,36,37). The van der Waals surface area contributed by atoms with Gasteiger partial charge in [-0.2, -0.15) is 41.3 Å².